The number of nitrogens with zero attached hydrogens (tertiary/aromatic N) is 1. The fourth-order valence-electron chi connectivity index (χ4n) is 2.10. The van der Waals surface area contributed by atoms with E-state index in [1.165, 1.54) is 7.11 Å². The summed E-state index contributed by atoms with van der Waals surface area (Å²) < 4.78 is 16.5. The highest BCUT2D eigenvalue weighted by Gasteiger charge is 2.21. The van der Waals surface area contributed by atoms with E-state index in [0.29, 0.717) is 41.5 Å². The highest BCUT2D eigenvalue weighted by Crippen LogP contribution is 2.20. The molecule has 1 heterocycles. The maximum atomic E-state index is 12.4. The minimum absolute atomic E-state index is 0.0959. The molecule has 0 radical (unpaired) electrons. The number of benzene rings is 1. The standard InChI is InChI=1S/C15H17NO4S/c1-20-14-5-4-13(11-12(14)3-2-8-17)15(18)16-6-9-21(19)10-7-16/h4-5,11,17H,6-10H2,1H3. The fourth-order valence-corrected chi connectivity index (χ4v) is 3.15. The molecule has 1 N–H and O–H groups in total. The Bertz CT molecular complexity index is 608. The van der Waals surface area contributed by atoms with Gasteiger partial charge in [0.25, 0.3) is 5.91 Å². The molecule has 1 aliphatic heterocycles. The van der Waals surface area contributed by atoms with Gasteiger partial charge in [-0.25, -0.2) is 0 Å². The summed E-state index contributed by atoms with van der Waals surface area (Å²) in [6, 6.07) is 5.04. The Morgan fingerprint density at radius 1 is 1.43 bits per heavy atom. The molecule has 1 aromatic carbocycles. The van der Waals surface area contributed by atoms with Gasteiger partial charge in [-0.3, -0.25) is 9.00 Å². The Hall–Kier alpha value is -1.84. The van der Waals surface area contributed by atoms with Crippen molar-refractivity contribution >= 4 is 16.7 Å². The van der Waals surface area contributed by atoms with Crippen molar-refractivity contribution in [2.24, 2.45) is 0 Å². The summed E-state index contributed by atoms with van der Waals surface area (Å²) in [4.78, 5) is 14.1. The van der Waals surface area contributed by atoms with E-state index < -0.39 is 10.8 Å². The molecule has 6 heteroatoms. The molecule has 0 saturated carbocycles. The van der Waals surface area contributed by atoms with E-state index in [1.807, 2.05) is 0 Å². The van der Waals surface area contributed by atoms with Crippen LogP contribution >= 0.6 is 0 Å². The molecule has 0 aromatic heterocycles. The Labute approximate surface area is 126 Å². The highest BCUT2D eigenvalue weighted by molar-refractivity contribution is 7.85. The Balaban J connectivity index is 2.23. The second-order valence-corrected chi connectivity index (χ2v) is 6.21. The molecule has 1 aliphatic rings. The first-order chi connectivity index (χ1) is 10.2. The summed E-state index contributed by atoms with van der Waals surface area (Å²) in [5, 5.41) is 8.78. The number of carbonyl (C=O) groups is 1. The number of methoxy groups -OCH3 is 1. The van der Waals surface area contributed by atoms with Crippen molar-refractivity contribution in [1.82, 2.24) is 4.90 Å². The number of carbonyl (C=O) groups excluding carboxylic acids is 1. The summed E-state index contributed by atoms with van der Waals surface area (Å²) in [5.41, 5.74) is 1.09. The molecule has 112 valence electrons. The fraction of sp³-hybridized carbons (Fsp3) is 0.400. The Morgan fingerprint density at radius 2 is 2.14 bits per heavy atom. The van der Waals surface area contributed by atoms with Gasteiger partial charge < -0.3 is 14.7 Å². The largest absolute Gasteiger partial charge is 0.495 e. The van der Waals surface area contributed by atoms with Gasteiger partial charge in [0.05, 0.1) is 12.7 Å². The predicted octanol–water partition coefficient (Wildman–Crippen LogP) is 0.244. The lowest BCUT2D eigenvalue weighted by Gasteiger charge is -2.26. The van der Waals surface area contributed by atoms with E-state index in [-0.39, 0.29) is 12.5 Å². The van der Waals surface area contributed by atoms with Crippen molar-refractivity contribution in [3.05, 3.63) is 29.3 Å². The molecule has 0 unspecified atom stereocenters. The van der Waals surface area contributed by atoms with Crippen LogP contribution in [0.4, 0.5) is 0 Å². The number of hydrogen-bond acceptors (Lipinski definition) is 4. The van der Waals surface area contributed by atoms with E-state index in [0.717, 1.165) is 0 Å². The number of aliphatic hydroxyl groups excluding tert-OH is 1. The number of amides is 1. The SMILES string of the molecule is COc1ccc(C(=O)N2CCS(=O)CC2)cc1C#CCO. The lowest BCUT2D eigenvalue weighted by molar-refractivity contribution is 0.0771. The van der Waals surface area contributed by atoms with E-state index in [1.54, 1.807) is 23.1 Å². The lowest BCUT2D eigenvalue weighted by Crippen LogP contribution is -2.41. The molecule has 0 bridgehead atoms. The quantitative estimate of drug-likeness (QED) is 0.795. The van der Waals surface area contributed by atoms with Crippen molar-refractivity contribution in [3.8, 4) is 17.6 Å². The number of aliphatic hydroxyl groups is 1. The van der Waals surface area contributed by atoms with Crippen LogP contribution in [0.5, 0.6) is 5.75 Å². The van der Waals surface area contributed by atoms with Gasteiger partial charge in [-0.1, -0.05) is 11.8 Å². The van der Waals surface area contributed by atoms with Crippen LogP contribution in [0, 0.1) is 11.8 Å². The maximum Gasteiger partial charge on any atom is 0.253 e. The van der Waals surface area contributed by atoms with Crippen LogP contribution in [0.25, 0.3) is 0 Å². The van der Waals surface area contributed by atoms with Gasteiger partial charge in [0, 0.05) is 41.0 Å². The molecule has 0 aliphatic carbocycles. The third kappa shape index (κ3) is 3.84. The van der Waals surface area contributed by atoms with Gasteiger partial charge in [-0.15, -0.1) is 0 Å². The molecule has 0 atom stereocenters. The van der Waals surface area contributed by atoms with Gasteiger partial charge in [-0.05, 0) is 18.2 Å². The average Bonchev–Trinajstić information content (AvgIpc) is 2.52. The molecule has 2 rings (SSSR count). The smallest absolute Gasteiger partial charge is 0.253 e. The van der Waals surface area contributed by atoms with E-state index in [4.69, 9.17) is 9.84 Å². The van der Waals surface area contributed by atoms with Crippen LogP contribution in [-0.2, 0) is 10.8 Å². The summed E-state index contributed by atoms with van der Waals surface area (Å²) in [6.07, 6.45) is 0. The zero-order valence-corrected chi connectivity index (χ0v) is 12.6. The Morgan fingerprint density at radius 3 is 2.76 bits per heavy atom. The highest BCUT2D eigenvalue weighted by atomic mass is 32.2. The zero-order valence-electron chi connectivity index (χ0n) is 11.8. The van der Waals surface area contributed by atoms with Crippen molar-refractivity contribution in [1.29, 1.82) is 0 Å². The number of ether oxygens (including phenoxy) is 1. The molecule has 1 amide bonds. The first-order valence-electron chi connectivity index (χ1n) is 6.57. The molecule has 0 spiro atoms. The summed E-state index contributed by atoms with van der Waals surface area (Å²) in [6.45, 7) is 0.767. The molecule has 1 saturated heterocycles. The van der Waals surface area contributed by atoms with Crippen molar-refractivity contribution in [2.45, 2.75) is 0 Å². The zero-order chi connectivity index (χ0) is 15.2. The van der Waals surface area contributed by atoms with Crippen LogP contribution in [0.15, 0.2) is 18.2 Å². The van der Waals surface area contributed by atoms with Gasteiger partial charge in [0.15, 0.2) is 0 Å². The summed E-state index contributed by atoms with van der Waals surface area (Å²) in [5.74, 6) is 6.85. The van der Waals surface area contributed by atoms with E-state index in [9.17, 15) is 9.00 Å². The minimum atomic E-state index is -0.812. The van der Waals surface area contributed by atoms with Crippen molar-refractivity contribution in [3.63, 3.8) is 0 Å². The molecule has 1 aromatic rings. The van der Waals surface area contributed by atoms with Crippen LogP contribution in [-0.4, -0.2) is 58.4 Å². The monoisotopic (exact) mass is 307 g/mol. The molecule has 5 nitrogen and oxygen atoms in total. The number of hydrogen-bond donors (Lipinski definition) is 1. The van der Waals surface area contributed by atoms with Gasteiger partial charge in [-0.2, -0.15) is 0 Å². The van der Waals surface area contributed by atoms with Crippen LogP contribution in [0.2, 0.25) is 0 Å². The average molecular weight is 307 g/mol. The van der Waals surface area contributed by atoms with Gasteiger partial charge in [0.2, 0.25) is 0 Å². The normalized spacial score (nSPS) is 15.2. The third-order valence-electron chi connectivity index (χ3n) is 3.21. The first kappa shape index (κ1) is 15.5. The molecule has 1 fully saturated rings. The van der Waals surface area contributed by atoms with Crippen molar-refractivity contribution in [2.75, 3.05) is 38.3 Å². The molecular weight excluding hydrogens is 290 g/mol. The molecular formula is C15H17NO4S. The summed E-state index contributed by atoms with van der Waals surface area (Å²) in [7, 11) is 0.717. The minimum Gasteiger partial charge on any atom is -0.495 e. The second-order valence-electron chi connectivity index (χ2n) is 4.52. The maximum absolute atomic E-state index is 12.4. The topological polar surface area (TPSA) is 66.8 Å². The summed E-state index contributed by atoms with van der Waals surface area (Å²) >= 11 is 0. The lowest BCUT2D eigenvalue weighted by atomic mass is 10.1. The van der Waals surface area contributed by atoms with Gasteiger partial charge in [0.1, 0.15) is 12.4 Å². The van der Waals surface area contributed by atoms with Crippen LogP contribution in [0.3, 0.4) is 0 Å². The Kier molecular flexibility index (Phi) is 5.37. The third-order valence-corrected chi connectivity index (χ3v) is 4.49. The van der Waals surface area contributed by atoms with Crippen LogP contribution < -0.4 is 4.74 Å². The van der Waals surface area contributed by atoms with Gasteiger partial charge >= 0.3 is 0 Å². The van der Waals surface area contributed by atoms with Crippen LogP contribution in [0.1, 0.15) is 15.9 Å². The first-order valence-corrected chi connectivity index (χ1v) is 8.06. The van der Waals surface area contributed by atoms with Crippen molar-refractivity contribution < 1.29 is 18.8 Å². The van der Waals surface area contributed by atoms with E-state index in [2.05, 4.69) is 11.8 Å². The molecule has 21 heavy (non-hydrogen) atoms. The predicted molar refractivity (Wildman–Crippen MR) is 80.7 cm³/mol. The number of rotatable bonds is 2. The van der Waals surface area contributed by atoms with E-state index >= 15 is 0 Å². The second kappa shape index (κ2) is 7.25.